The second-order valence-corrected chi connectivity index (χ2v) is 8.79. The van der Waals surface area contributed by atoms with E-state index in [9.17, 15) is 14.7 Å². The van der Waals surface area contributed by atoms with Gasteiger partial charge in [-0.3, -0.25) is 4.79 Å². The van der Waals surface area contributed by atoms with Crippen LogP contribution in [0.25, 0.3) is 0 Å². The lowest BCUT2D eigenvalue weighted by Gasteiger charge is -2.58. The van der Waals surface area contributed by atoms with Gasteiger partial charge in [0, 0.05) is 25.2 Å². The van der Waals surface area contributed by atoms with E-state index in [4.69, 9.17) is 9.47 Å². The number of fused-ring (bicyclic) bond motifs is 1. The van der Waals surface area contributed by atoms with Crippen molar-refractivity contribution in [3.8, 4) is 0 Å². The van der Waals surface area contributed by atoms with Crippen LogP contribution in [-0.2, 0) is 19.1 Å². The predicted molar refractivity (Wildman–Crippen MR) is 97.3 cm³/mol. The van der Waals surface area contributed by atoms with Gasteiger partial charge in [-0.25, -0.2) is 4.79 Å². The van der Waals surface area contributed by atoms with Crippen LogP contribution in [0, 0.1) is 22.7 Å². The van der Waals surface area contributed by atoms with Crippen LogP contribution in [0.15, 0.2) is 23.8 Å². The Bertz CT molecular complexity index is 680. The molecule has 0 bridgehead atoms. The molecule has 0 spiro atoms. The first-order valence-electron chi connectivity index (χ1n) is 9.47. The number of carboxylic acid groups (broad SMARTS) is 1. The van der Waals surface area contributed by atoms with Crippen LogP contribution < -0.4 is 0 Å². The molecule has 3 rings (SSSR count). The number of hydrogen-bond acceptors (Lipinski definition) is 4. The fourth-order valence-electron chi connectivity index (χ4n) is 5.90. The van der Waals surface area contributed by atoms with E-state index in [-0.39, 0.29) is 23.2 Å². The maximum absolute atomic E-state index is 12.1. The van der Waals surface area contributed by atoms with Crippen molar-refractivity contribution >= 4 is 11.9 Å². The quantitative estimate of drug-likeness (QED) is 0.602. The predicted octanol–water partition coefficient (Wildman–Crippen LogP) is 4.09. The maximum atomic E-state index is 12.1. The second kappa shape index (κ2) is 6.22. The minimum absolute atomic E-state index is 0.0504. The number of allylic oxidation sites excluding steroid dienone is 1. The molecule has 3 aliphatic rings. The molecule has 5 heteroatoms. The number of hydrogen-bond donors (Lipinski definition) is 1. The number of cyclic esters (lactones) is 1. The van der Waals surface area contributed by atoms with Crippen LogP contribution in [0.3, 0.4) is 0 Å². The summed E-state index contributed by atoms with van der Waals surface area (Å²) in [7, 11) is 1.56. The molecule has 1 heterocycles. The molecule has 1 aliphatic heterocycles. The summed E-state index contributed by atoms with van der Waals surface area (Å²) in [6.07, 6.45) is 6.20. The zero-order valence-corrected chi connectivity index (χ0v) is 16.3. The molecule has 144 valence electrons. The topological polar surface area (TPSA) is 72.8 Å². The summed E-state index contributed by atoms with van der Waals surface area (Å²) in [5.74, 6) is -2.02. The number of esters is 1. The van der Waals surface area contributed by atoms with Gasteiger partial charge in [-0.05, 0) is 56.8 Å². The van der Waals surface area contributed by atoms with E-state index < -0.39 is 17.2 Å². The van der Waals surface area contributed by atoms with Crippen LogP contribution in [0.4, 0.5) is 0 Å². The van der Waals surface area contributed by atoms with Crippen molar-refractivity contribution < 1.29 is 24.2 Å². The van der Waals surface area contributed by atoms with Crippen molar-refractivity contribution in [2.24, 2.45) is 22.7 Å². The Morgan fingerprint density at radius 2 is 2.12 bits per heavy atom. The van der Waals surface area contributed by atoms with E-state index in [1.54, 1.807) is 7.11 Å². The van der Waals surface area contributed by atoms with Gasteiger partial charge in [-0.1, -0.05) is 25.5 Å². The fraction of sp³-hybridized carbons (Fsp3) is 0.714. The average Bonchev–Trinajstić information content (AvgIpc) is 2.85. The third-order valence-corrected chi connectivity index (χ3v) is 7.51. The van der Waals surface area contributed by atoms with Crippen molar-refractivity contribution in [2.45, 2.75) is 65.1 Å². The van der Waals surface area contributed by atoms with Crippen molar-refractivity contribution in [2.75, 3.05) is 7.11 Å². The molecule has 1 N–H and O–H groups in total. The molecule has 0 amide bonds. The van der Waals surface area contributed by atoms with Crippen LogP contribution in [-0.4, -0.2) is 29.9 Å². The molecule has 2 aliphatic carbocycles. The number of rotatable bonds is 4. The molecule has 0 aromatic rings. The monoisotopic (exact) mass is 362 g/mol. The van der Waals surface area contributed by atoms with Crippen molar-refractivity contribution in [1.29, 1.82) is 0 Å². The van der Waals surface area contributed by atoms with Crippen molar-refractivity contribution in [3.63, 3.8) is 0 Å². The highest BCUT2D eigenvalue weighted by Gasteiger charge is 2.59. The van der Waals surface area contributed by atoms with E-state index in [0.717, 1.165) is 36.8 Å². The normalized spacial score (nSPS) is 42.8. The van der Waals surface area contributed by atoms with E-state index in [2.05, 4.69) is 13.5 Å². The third-order valence-electron chi connectivity index (χ3n) is 7.51. The zero-order valence-electron chi connectivity index (χ0n) is 16.3. The van der Waals surface area contributed by atoms with Crippen LogP contribution in [0.5, 0.6) is 0 Å². The van der Waals surface area contributed by atoms with Crippen LogP contribution in [0.1, 0.15) is 59.3 Å². The number of methoxy groups -OCH3 is 1. The molecule has 0 radical (unpaired) electrons. The van der Waals surface area contributed by atoms with Crippen molar-refractivity contribution in [1.82, 2.24) is 0 Å². The molecule has 2 saturated carbocycles. The Morgan fingerprint density at radius 3 is 2.65 bits per heavy atom. The number of ether oxygens (including phenoxy) is 2. The van der Waals surface area contributed by atoms with E-state index in [0.29, 0.717) is 12.8 Å². The fourth-order valence-corrected chi connectivity index (χ4v) is 5.90. The molecule has 5 nitrogen and oxygen atoms in total. The standard InChI is InChI=1S/C21H30O5/c1-13-7-8-16-19(3,9-6-10-20(16,4)18(23)24)15(13)12-21(25-5)14(2)11-17(22)26-21/h11,15-16H,1,6-10,12H2,2-5H3,(H,23,24)/t15-,16?,19+,20-,21?/m0/s1. The minimum Gasteiger partial charge on any atom is -0.481 e. The molecule has 0 aromatic carbocycles. The Hall–Kier alpha value is -1.62. The molecule has 0 saturated heterocycles. The van der Waals surface area contributed by atoms with Gasteiger partial charge in [0.2, 0.25) is 5.79 Å². The highest BCUT2D eigenvalue weighted by Crippen LogP contribution is 2.63. The summed E-state index contributed by atoms with van der Waals surface area (Å²) in [6, 6.07) is 0. The Labute approximate surface area is 155 Å². The minimum atomic E-state index is -1.06. The number of carbonyl (C=O) groups is 2. The number of carboxylic acids is 1. The Kier molecular flexibility index (Phi) is 4.58. The lowest BCUT2D eigenvalue weighted by atomic mass is 9.46. The van der Waals surface area contributed by atoms with E-state index in [1.165, 1.54) is 6.08 Å². The van der Waals surface area contributed by atoms with Gasteiger partial charge < -0.3 is 14.6 Å². The Balaban J connectivity index is 1.98. The summed E-state index contributed by atoms with van der Waals surface area (Å²) in [4.78, 5) is 23.9. The SMILES string of the molecule is C=C1CCC2[C@](C)(CCC[C@]2(C)C(=O)O)[C@H]1CC1(OC)OC(=O)C=C1C. The van der Waals surface area contributed by atoms with Crippen LogP contribution in [0.2, 0.25) is 0 Å². The summed E-state index contributed by atoms with van der Waals surface area (Å²) in [6.45, 7) is 10.3. The van der Waals surface area contributed by atoms with Gasteiger partial charge in [-0.2, -0.15) is 0 Å². The van der Waals surface area contributed by atoms with Gasteiger partial charge in [0.15, 0.2) is 0 Å². The first kappa shape index (κ1) is 19.2. The lowest BCUT2D eigenvalue weighted by Crippen LogP contribution is -2.55. The van der Waals surface area contributed by atoms with E-state index >= 15 is 0 Å². The average molecular weight is 362 g/mol. The third kappa shape index (κ3) is 2.63. The summed E-state index contributed by atoms with van der Waals surface area (Å²) in [5, 5.41) is 9.94. The van der Waals surface area contributed by atoms with Gasteiger partial charge >= 0.3 is 11.9 Å². The summed E-state index contributed by atoms with van der Waals surface area (Å²) in [5.41, 5.74) is 0.969. The van der Waals surface area contributed by atoms with Crippen molar-refractivity contribution in [3.05, 3.63) is 23.8 Å². The van der Waals surface area contributed by atoms with E-state index in [1.807, 2.05) is 13.8 Å². The molecule has 0 aromatic heterocycles. The largest absolute Gasteiger partial charge is 0.481 e. The smallest absolute Gasteiger partial charge is 0.333 e. The summed E-state index contributed by atoms with van der Waals surface area (Å²) < 4.78 is 11.3. The summed E-state index contributed by atoms with van der Waals surface area (Å²) >= 11 is 0. The molecule has 2 fully saturated rings. The van der Waals surface area contributed by atoms with Gasteiger partial charge in [0.05, 0.1) is 5.41 Å². The highest BCUT2D eigenvalue weighted by atomic mass is 16.7. The Morgan fingerprint density at radius 1 is 1.42 bits per heavy atom. The van der Waals surface area contributed by atoms with Gasteiger partial charge in [0.25, 0.3) is 0 Å². The lowest BCUT2D eigenvalue weighted by molar-refractivity contribution is -0.206. The first-order valence-corrected chi connectivity index (χ1v) is 9.47. The molecular weight excluding hydrogens is 332 g/mol. The highest BCUT2D eigenvalue weighted by molar-refractivity contribution is 5.86. The van der Waals surface area contributed by atoms with Gasteiger partial charge in [0.1, 0.15) is 0 Å². The molecular formula is C21H30O5. The maximum Gasteiger partial charge on any atom is 0.333 e. The van der Waals surface area contributed by atoms with Gasteiger partial charge in [-0.15, -0.1) is 0 Å². The molecule has 26 heavy (non-hydrogen) atoms. The number of aliphatic carboxylic acids is 1. The first-order chi connectivity index (χ1) is 12.1. The molecule has 5 atom stereocenters. The second-order valence-electron chi connectivity index (χ2n) is 8.79. The zero-order chi connectivity index (χ0) is 19.3. The molecule has 2 unspecified atom stereocenters. The van der Waals surface area contributed by atoms with Crippen LogP contribution >= 0.6 is 0 Å². The number of carbonyl (C=O) groups excluding carboxylic acids is 1.